The predicted octanol–water partition coefficient (Wildman–Crippen LogP) is 4.62. The Morgan fingerprint density at radius 2 is 1.83 bits per heavy atom. The maximum atomic E-state index is 12.9. The minimum absolute atomic E-state index is 0.0127. The number of halogens is 3. The molecule has 1 atom stereocenters. The molecule has 1 amide bonds. The van der Waals surface area contributed by atoms with Gasteiger partial charge in [-0.2, -0.15) is 13.2 Å². The first-order valence-corrected chi connectivity index (χ1v) is 9.16. The van der Waals surface area contributed by atoms with Crippen LogP contribution in [0.3, 0.4) is 0 Å². The molecular formula is C21H17F3N2O4. The third-order valence-corrected chi connectivity index (χ3v) is 4.63. The highest BCUT2D eigenvalue weighted by Gasteiger charge is 2.31. The number of amides is 1. The van der Waals surface area contributed by atoms with E-state index < -0.39 is 23.7 Å². The van der Waals surface area contributed by atoms with Gasteiger partial charge in [0, 0.05) is 11.6 Å². The van der Waals surface area contributed by atoms with Crippen molar-refractivity contribution in [3.05, 3.63) is 65.4 Å². The van der Waals surface area contributed by atoms with Crippen LogP contribution >= 0.6 is 0 Å². The summed E-state index contributed by atoms with van der Waals surface area (Å²) < 4.78 is 55.0. The van der Waals surface area contributed by atoms with Gasteiger partial charge < -0.3 is 19.3 Å². The molecule has 156 valence electrons. The Morgan fingerprint density at radius 1 is 1.07 bits per heavy atom. The molecule has 3 aromatic rings. The minimum atomic E-state index is -4.45. The van der Waals surface area contributed by atoms with Crippen molar-refractivity contribution >= 4 is 5.91 Å². The number of ether oxygens (including phenoxy) is 2. The molecule has 0 spiro atoms. The van der Waals surface area contributed by atoms with E-state index >= 15 is 0 Å². The molecule has 1 aliphatic heterocycles. The lowest BCUT2D eigenvalue weighted by atomic mass is 10.0. The van der Waals surface area contributed by atoms with Crippen LogP contribution in [-0.2, 0) is 6.18 Å². The Hall–Kier alpha value is -3.49. The number of nitrogens with one attached hydrogen (secondary N) is 1. The summed E-state index contributed by atoms with van der Waals surface area (Å²) in [5.74, 6) is 0.980. The molecule has 30 heavy (non-hydrogen) atoms. The highest BCUT2D eigenvalue weighted by Crippen LogP contribution is 2.35. The van der Waals surface area contributed by atoms with Gasteiger partial charge in [0.05, 0.1) is 11.6 Å². The van der Waals surface area contributed by atoms with Crippen LogP contribution in [0.5, 0.6) is 11.5 Å². The largest absolute Gasteiger partial charge is 0.486 e. The van der Waals surface area contributed by atoms with Crippen molar-refractivity contribution in [2.75, 3.05) is 13.2 Å². The Kier molecular flexibility index (Phi) is 5.11. The number of fused-ring (bicyclic) bond motifs is 1. The number of aromatic nitrogens is 1. The summed E-state index contributed by atoms with van der Waals surface area (Å²) in [6.07, 6.45) is -4.45. The summed E-state index contributed by atoms with van der Waals surface area (Å²) in [4.78, 5) is 12.5. The summed E-state index contributed by atoms with van der Waals surface area (Å²) >= 11 is 0. The monoisotopic (exact) mass is 418 g/mol. The quantitative estimate of drug-likeness (QED) is 0.669. The predicted molar refractivity (Wildman–Crippen MR) is 100 cm³/mol. The van der Waals surface area contributed by atoms with Crippen molar-refractivity contribution in [3.8, 4) is 22.8 Å². The van der Waals surface area contributed by atoms with Gasteiger partial charge in [-0.05, 0) is 42.8 Å². The van der Waals surface area contributed by atoms with Crippen molar-refractivity contribution in [2.45, 2.75) is 19.1 Å². The fourth-order valence-electron chi connectivity index (χ4n) is 3.05. The van der Waals surface area contributed by atoms with Gasteiger partial charge in [-0.1, -0.05) is 17.3 Å². The van der Waals surface area contributed by atoms with Gasteiger partial charge in [-0.15, -0.1) is 0 Å². The lowest BCUT2D eigenvalue weighted by Gasteiger charge is -2.18. The SMILES string of the molecule is CC(NC(=O)c1cc(-c2ccc3c(c2)OCCO3)on1)c1cccc(C(F)(F)F)c1. The molecule has 2 aromatic carbocycles. The van der Waals surface area contributed by atoms with Crippen molar-refractivity contribution < 1.29 is 32.0 Å². The van der Waals surface area contributed by atoms with Gasteiger partial charge in [0.2, 0.25) is 0 Å². The maximum Gasteiger partial charge on any atom is 0.416 e. The number of alkyl halides is 3. The zero-order valence-electron chi connectivity index (χ0n) is 15.8. The third kappa shape index (κ3) is 4.10. The second-order valence-electron chi connectivity index (χ2n) is 6.75. The van der Waals surface area contributed by atoms with Gasteiger partial charge in [-0.3, -0.25) is 4.79 Å². The van der Waals surface area contributed by atoms with E-state index in [0.717, 1.165) is 12.1 Å². The molecular weight excluding hydrogens is 401 g/mol. The Labute approximate surface area is 169 Å². The Morgan fingerprint density at radius 3 is 2.60 bits per heavy atom. The molecule has 0 radical (unpaired) electrons. The van der Waals surface area contributed by atoms with E-state index in [4.69, 9.17) is 14.0 Å². The van der Waals surface area contributed by atoms with E-state index in [0.29, 0.717) is 41.6 Å². The summed E-state index contributed by atoms with van der Waals surface area (Å²) in [5.41, 5.74) is 0.215. The lowest BCUT2D eigenvalue weighted by Crippen LogP contribution is -2.27. The number of hydrogen-bond acceptors (Lipinski definition) is 5. The molecule has 0 saturated heterocycles. The normalized spacial score (nSPS) is 14.3. The second kappa shape index (κ2) is 7.74. The Bertz CT molecular complexity index is 1080. The van der Waals surface area contributed by atoms with Crippen LogP contribution in [0.15, 0.2) is 53.1 Å². The fraction of sp³-hybridized carbons (Fsp3) is 0.238. The number of carbonyl (C=O) groups is 1. The van der Waals surface area contributed by atoms with Crippen molar-refractivity contribution in [1.82, 2.24) is 10.5 Å². The molecule has 4 rings (SSSR count). The van der Waals surface area contributed by atoms with Crippen LogP contribution in [0.4, 0.5) is 13.2 Å². The molecule has 2 heterocycles. The van der Waals surface area contributed by atoms with Crippen molar-refractivity contribution in [1.29, 1.82) is 0 Å². The zero-order chi connectivity index (χ0) is 21.3. The second-order valence-corrected chi connectivity index (χ2v) is 6.75. The molecule has 1 aromatic heterocycles. The Balaban J connectivity index is 1.48. The summed E-state index contributed by atoms with van der Waals surface area (Å²) in [6, 6.07) is 10.8. The van der Waals surface area contributed by atoms with Gasteiger partial charge in [0.1, 0.15) is 13.2 Å². The first-order valence-electron chi connectivity index (χ1n) is 9.16. The molecule has 9 heteroatoms. The van der Waals surface area contributed by atoms with Gasteiger partial charge in [0.15, 0.2) is 23.0 Å². The molecule has 6 nitrogen and oxygen atoms in total. The smallest absolute Gasteiger partial charge is 0.416 e. The molecule has 0 fully saturated rings. The van der Waals surface area contributed by atoms with Crippen LogP contribution in [0.1, 0.15) is 34.6 Å². The van der Waals surface area contributed by atoms with Crippen molar-refractivity contribution in [3.63, 3.8) is 0 Å². The third-order valence-electron chi connectivity index (χ3n) is 4.63. The number of carbonyl (C=O) groups excluding carboxylic acids is 1. The highest BCUT2D eigenvalue weighted by molar-refractivity contribution is 5.93. The fourth-order valence-corrected chi connectivity index (χ4v) is 3.05. The van der Waals surface area contributed by atoms with Crippen molar-refractivity contribution in [2.24, 2.45) is 0 Å². The first kappa shape index (κ1) is 19.8. The van der Waals surface area contributed by atoms with E-state index in [1.165, 1.54) is 18.2 Å². The van der Waals surface area contributed by atoms with Crippen LogP contribution in [0.25, 0.3) is 11.3 Å². The van der Waals surface area contributed by atoms with Crippen LogP contribution in [0, 0.1) is 0 Å². The van der Waals surface area contributed by atoms with Crippen LogP contribution < -0.4 is 14.8 Å². The van der Waals surface area contributed by atoms with Crippen LogP contribution in [-0.4, -0.2) is 24.3 Å². The molecule has 0 saturated carbocycles. The van der Waals surface area contributed by atoms with Gasteiger partial charge in [-0.25, -0.2) is 0 Å². The molecule has 1 unspecified atom stereocenters. The van der Waals surface area contributed by atoms with E-state index in [9.17, 15) is 18.0 Å². The zero-order valence-corrected chi connectivity index (χ0v) is 15.8. The van der Waals surface area contributed by atoms with Gasteiger partial charge in [0.25, 0.3) is 5.91 Å². The van der Waals surface area contributed by atoms with Crippen LogP contribution in [0.2, 0.25) is 0 Å². The minimum Gasteiger partial charge on any atom is -0.486 e. The maximum absolute atomic E-state index is 12.9. The standard InChI is InChI=1S/C21H17F3N2O4/c1-12(13-3-2-4-15(9-13)21(22,23)24)25-20(27)16-11-18(30-26-16)14-5-6-17-19(10-14)29-8-7-28-17/h2-6,9-12H,7-8H2,1H3,(H,25,27). The van der Waals surface area contributed by atoms with E-state index in [2.05, 4.69) is 10.5 Å². The lowest BCUT2D eigenvalue weighted by molar-refractivity contribution is -0.137. The first-order chi connectivity index (χ1) is 14.3. The molecule has 1 aliphatic rings. The average molecular weight is 418 g/mol. The summed E-state index contributed by atoms with van der Waals surface area (Å²) in [7, 11) is 0. The van der Waals surface area contributed by atoms with E-state index in [1.54, 1.807) is 25.1 Å². The van der Waals surface area contributed by atoms with E-state index in [1.807, 2.05) is 0 Å². The summed E-state index contributed by atoms with van der Waals surface area (Å²) in [5, 5.41) is 6.40. The highest BCUT2D eigenvalue weighted by atomic mass is 19.4. The molecule has 0 bridgehead atoms. The summed E-state index contributed by atoms with van der Waals surface area (Å²) in [6.45, 7) is 2.51. The number of nitrogens with zero attached hydrogens (tertiary/aromatic N) is 1. The number of hydrogen-bond donors (Lipinski definition) is 1. The molecule has 0 aliphatic carbocycles. The average Bonchev–Trinajstić information content (AvgIpc) is 3.23. The topological polar surface area (TPSA) is 73.6 Å². The van der Waals surface area contributed by atoms with Gasteiger partial charge >= 0.3 is 6.18 Å². The number of rotatable bonds is 4. The molecule has 1 N–H and O–H groups in total. The number of benzene rings is 2. The van der Waals surface area contributed by atoms with E-state index in [-0.39, 0.29) is 5.69 Å².